The van der Waals surface area contributed by atoms with Crippen molar-refractivity contribution in [2.24, 2.45) is 0 Å². The molecule has 1 N–H and O–H groups in total. The highest BCUT2D eigenvalue weighted by Gasteiger charge is 2.17. The average molecular weight is 428 g/mol. The second-order valence-corrected chi connectivity index (χ2v) is 7.79. The van der Waals surface area contributed by atoms with Gasteiger partial charge in [0.1, 0.15) is 18.7 Å². The van der Waals surface area contributed by atoms with Crippen molar-refractivity contribution in [1.82, 2.24) is 14.9 Å². The van der Waals surface area contributed by atoms with Crippen LogP contribution in [0.15, 0.2) is 48.8 Å². The average Bonchev–Trinajstić information content (AvgIpc) is 2.76. The third-order valence-electron chi connectivity index (χ3n) is 5.61. The van der Waals surface area contributed by atoms with Gasteiger partial charge in [0, 0.05) is 40.3 Å². The molecule has 7 nitrogen and oxygen atoms in total. The van der Waals surface area contributed by atoms with Gasteiger partial charge in [-0.15, -0.1) is 0 Å². The number of ether oxygens (including phenoxy) is 1. The third kappa shape index (κ3) is 4.76. The van der Waals surface area contributed by atoms with Crippen LogP contribution in [0.2, 0.25) is 0 Å². The number of amides is 1. The van der Waals surface area contributed by atoms with Crippen LogP contribution >= 0.6 is 0 Å². The summed E-state index contributed by atoms with van der Waals surface area (Å²) >= 11 is 0. The van der Waals surface area contributed by atoms with Crippen LogP contribution in [0, 0.1) is 20.4 Å². The molecule has 1 fully saturated rings. The van der Waals surface area contributed by atoms with Crippen LogP contribution in [0.1, 0.15) is 28.2 Å². The van der Waals surface area contributed by atoms with E-state index in [4.69, 9.17) is 11.3 Å². The maximum absolute atomic E-state index is 12.7. The summed E-state index contributed by atoms with van der Waals surface area (Å²) in [5, 5.41) is 2.94. The second kappa shape index (κ2) is 9.58. The van der Waals surface area contributed by atoms with Crippen molar-refractivity contribution in [3.63, 3.8) is 0 Å². The van der Waals surface area contributed by atoms with Crippen LogP contribution in [-0.2, 0) is 0 Å². The fraction of sp³-hybridized carbons (Fsp3) is 0.280. The molecule has 3 aromatic rings. The molecule has 2 aromatic carbocycles. The molecule has 1 aromatic heterocycles. The van der Waals surface area contributed by atoms with Gasteiger partial charge in [-0.05, 0) is 51.6 Å². The number of hydrogen-bond acceptors (Lipinski definition) is 5. The lowest BCUT2D eigenvalue weighted by atomic mass is 10.0. The Morgan fingerprint density at radius 1 is 1.12 bits per heavy atom. The zero-order chi connectivity index (χ0) is 22.5. The van der Waals surface area contributed by atoms with Gasteiger partial charge in [-0.2, -0.15) is 0 Å². The van der Waals surface area contributed by atoms with Crippen molar-refractivity contribution in [3.05, 3.63) is 77.2 Å². The number of likely N-dealkylation sites (tertiary alicyclic amines) is 1. The number of nitrogens with one attached hydrogen (secondary N) is 1. The molecule has 0 spiro atoms. The first-order valence-corrected chi connectivity index (χ1v) is 10.6. The third-order valence-corrected chi connectivity index (χ3v) is 5.61. The number of anilines is 1. The van der Waals surface area contributed by atoms with Crippen LogP contribution < -0.4 is 10.1 Å². The molecule has 7 heteroatoms. The predicted octanol–water partition coefficient (Wildman–Crippen LogP) is 4.65. The zero-order valence-corrected chi connectivity index (χ0v) is 18.3. The van der Waals surface area contributed by atoms with E-state index in [1.807, 2.05) is 32.0 Å². The molecule has 1 saturated heterocycles. The zero-order valence-electron chi connectivity index (χ0n) is 18.3. The number of nitrogens with zero attached hydrogens (tertiary/aromatic N) is 4. The molecule has 4 rings (SSSR count). The number of aryl methyl sites for hydroxylation is 2. The van der Waals surface area contributed by atoms with E-state index >= 15 is 0 Å². The summed E-state index contributed by atoms with van der Waals surface area (Å²) < 4.78 is 6.14. The Balaban J connectivity index is 1.60. The quantitative estimate of drug-likeness (QED) is 0.556. The summed E-state index contributed by atoms with van der Waals surface area (Å²) in [5.41, 5.74) is 5.10. The maximum Gasteiger partial charge on any atom is 0.255 e. The molecule has 0 unspecified atom stereocenters. The molecule has 1 aliphatic heterocycles. The lowest BCUT2D eigenvalue weighted by molar-refractivity contribution is 0.102. The summed E-state index contributed by atoms with van der Waals surface area (Å²) in [6.07, 6.45) is 2.80. The molecule has 0 aliphatic carbocycles. The van der Waals surface area contributed by atoms with E-state index in [9.17, 15) is 4.79 Å². The van der Waals surface area contributed by atoms with Crippen molar-refractivity contribution in [2.75, 3.05) is 31.6 Å². The Bertz CT molecular complexity index is 1140. The van der Waals surface area contributed by atoms with Gasteiger partial charge in [0.25, 0.3) is 5.91 Å². The molecule has 0 atom stereocenters. The van der Waals surface area contributed by atoms with Crippen LogP contribution in [0.5, 0.6) is 5.75 Å². The highest BCUT2D eigenvalue weighted by atomic mass is 16.5. The van der Waals surface area contributed by atoms with Crippen LogP contribution in [0.25, 0.3) is 16.0 Å². The fourth-order valence-electron chi connectivity index (χ4n) is 3.69. The smallest absolute Gasteiger partial charge is 0.255 e. The molecular weight excluding hydrogens is 402 g/mol. The Hall–Kier alpha value is -3.76. The minimum Gasteiger partial charge on any atom is -0.492 e. The van der Waals surface area contributed by atoms with Crippen LogP contribution in [0.3, 0.4) is 0 Å². The van der Waals surface area contributed by atoms with E-state index in [0.717, 1.165) is 47.9 Å². The van der Waals surface area contributed by atoms with Gasteiger partial charge < -0.3 is 10.1 Å². The Morgan fingerprint density at radius 3 is 2.47 bits per heavy atom. The summed E-state index contributed by atoms with van der Waals surface area (Å²) in [6.45, 7) is 14.7. The lowest BCUT2D eigenvalue weighted by Crippen LogP contribution is -2.39. The minimum absolute atomic E-state index is 0.239. The predicted molar refractivity (Wildman–Crippen MR) is 124 cm³/mol. The Morgan fingerprint density at radius 2 is 1.84 bits per heavy atom. The molecule has 32 heavy (non-hydrogen) atoms. The number of hydrogen-bond donors (Lipinski definition) is 1. The van der Waals surface area contributed by atoms with Crippen molar-refractivity contribution < 1.29 is 9.53 Å². The minimum atomic E-state index is -0.239. The normalized spacial score (nSPS) is 13.2. The molecule has 1 amide bonds. The highest BCUT2D eigenvalue weighted by molar-refractivity contribution is 6.04. The summed E-state index contributed by atoms with van der Waals surface area (Å²) in [7, 11) is 0. The summed E-state index contributed by atoms with van der Waals surface area (Å²) in [6, 6.07) is 12.2. The summed E-state index contributed by atoms with van der Waals surface area (Å²) in [4.78, 5) is 27.1. The van der Waals surface area contributed by atoms with Crippen molar-refractivity contribution in [3.8, 4) is 16.9 Å². The Kier molecular flexibility index (Phi) is 6.43. The van der Waals surface area contributed by atoms with E-state index in [-0.39, 0.29) is 5.91 Å². The largest absolute Gasteiger partial charge is 0.492 e. The van der Waals surface area contributed by atoms with Gasteiger partial charge in [0.05, 0.1) is 6.57 Å². The maximum atomic E-state index is 12.7. The van der Waals surface area contributed by atoms with E-state index in [2.05, 4.69) is 25.0 Å². The highest BCUT2D eigenvalue weighted by Crippen LogP contribution is 2.35. The number of aromatic nitrogens is 2. The molecule has 0 bridgehead atoms. The second-order valence-electron chi connectivity index (χ2n) is 7.79. The van der Waals surface area contributed by atoms with Crippen LogP contribution in [0.4, 0.5) is 11.4 Å². The number of carbonyl (C=O) groups excluding carboxylic acids is 1. The van der Waals surface area contributed by atoms with Gasteiger partial charge in [-0.3, -0.25) is 9.69 Å². The SMILES string of the molecule is [C-]#[N+]c1ccc(C(=O)Nc2ccc(OCCN3CCC3)c(-c3c(C)ncnc3C)c2)cc1. The molecule has 0 saturated carbocycles. The van der Waals surface area contributed by atoms with E-state index < -0.39 is 0 Å². The molecule has 1 aliphatic rings. The van der Waals surface area contributed by atoms with Gasteiger partial charge >= 0.3 is 0 Å². The van der Waals surface area contributed by atoms with Gasteiger partial charge in [-0.1, -0.05) is 24.3 Å². The van der Waals surface area contributed by atoms with Crippen molar-refractivity contribution in [2.45, 2.75) is 20.3 Å². The molecule has 2 heterocycles. The van der Waals surface area contributed by atoms with Crippen LogP contribution in [-0.4, -0.2) is 47.0 Å². The molecular formula is C25H25N5O2. The first-order valence-electron chi connectivity index (χ1n) is 10.6. The van der Waals surface area contributed by atoms with E-state index in [0.29, 0.717) is 23.5 Å². The Labute approximate surface area is 187 Å². The first-order chi connectivity index (χ1) is 15.5. The number of rotatable bonds is 7. The molecule has 162 valence electrons. The number of carbonyl (C=O) groups is 1. The lowest BCUT2D eigenvalue weighted by Gasteiger charge is -2.30. The van der Waals surface area contributed by atoms with Gasteiger partial charge in [0.2, 0.25) is 0 Å². The van der Waals surface area contributed by atoms with E-state index in [1.54, 1.807) is 30.6 Å². The molecule has 0 radical (unpaired) electrons. The standard InChI is InChI=1S/C25H25N5O2/c1-17-24(18(2)28-16-27-17)22-15-21(9-10-23(22)32-14-13-30-11-4-12-30)29-25(31)19-5-7-20(26-3)8-6-19/h5-10,15-16H,4,11-14H2,1-2H3,(H,29,31). The van der Waals surface area contributed by atoms with Gasteiger partial charge in [-0.25, -0.2) is 14.8 Å². The van der Waals surface area contributed by atoms with E-state index in [1.165, 1.54) is 6.42 Å². The summed E-state index contributed by atoms with van der Waals surface area (Å²) in [5.74, 6) is 0.502. The topological polar surface area (TPSA) is 71.7 Å². The fourth-order valence-corrected chi connectivity index (χ4v) is 3.69. The van der Waals surface area contributed by atoms with Gasteiger partial charge in [0.15, 0.2) is 5.69 Å². The first kappa shape index (κ1) is 21.5. The number of benzene rings is 2. The van der Waals surface area contributed by atoms with Crippen molar-refractivity contribution >= 4 is 17.3 Å². The van der Waals surface area contributed by atoms with Crippen molar-refractivity contribution in [1.29, 1.82) is 0 Å². The monoisotopic (exact) mass is 427 g/mol.